The Morgan fingerprint density at radius 2 is 1.74 bits per heavy atom. The van der Waals surface area contributed by atoms with Gasteiger partial charge in [0.2, 0.25) is 0 Å². The van der Waals surface area contributed by atoms with Crippen LogP contribution < -0.4 is 5.32 Å². The molecule has 3 rings (SSSR count). The third kappa shape index (κ3) is 3.72. The van der Waals surface area contributed by atoms with Crippen LogP contribution in [0, 0.1) is 0 Å². The minimum absolute atomic E-state index is 0.464. The van der Waals surface area contributed by atoms with E-state index in [1.54, 1.807) is 0 Å². The first kappa shape index (κ1) is 15.2. The van der Waals surface area contributed by atoms with E-state index in [0.717, 1.165) is 22.3 Å². The zero-order valence-corrected chi connectivity index (χ0v) is 13.4. The number of benzene rings is 2. The van der Waals surface area contributed by atoms with Crippen LogP contribution in [0.2, 0.25) is 0 Å². The molecule has 3 aromatic rings. The number of anilines is 1. The van der Waals surface area contributed by atoms with Gasteiger partial charge in [-0.1, -0.05) is 18.2 Å². The molecular weight excluding hydrogens is 290 g/mol. The number of para-hydroxylation sites is 1. The van der Waals surface area contributed by atoms with E-state index in [2.05, 4.69) is 5.32 Å². The van der Waals surface area contributed by atoms with Crippen molar-refractivity contribution < 1.29 is 13.9 Å². The summed E-state index contributed by atoms with van der Waals surface area (Å²) in [7, 11) is 0. The van der Waals surface area contributed by atoms with Crippen molar-refractivity contribution in [2.24, 2.45) is 0 Å². The quantitative estimate of drug-likeness (QED) is 0.685. The molecule has 0 fully saturated rings. The van der Waals surface area contributed by atoms with Crippen molar-refractivity contribution in [3.05, 3.63) is 54.6 Å². The third-order valence-electron chi connectivity index (χ3n) is 3.24. The summed E-state index contributed by atoms with van der Waals surface area (Å²) >= 11 is 0. The molecule has 4 nitrogen and oxygen atoms in total. The van der Waals surface area contributed by atoms with Crippen molar-refractivity contribution >= 4 is 22.7 Å². The summed E-state index contributed by atoms with van der Waals surface area (Å²) in [5.41, 5.74) is 1.98. The summed E-state index contributed by atoms with van der Waals surface area (Å²) in [6.45, 7) is 5.49. The average molecular weight is 309 g/mol. The summed E-state index contributed by atoms with van der Waals surface area (Å²) in [5, 5.41) is 3.78. The van der Waals surface area contributed by atoms with Crippen LogP contribution in [0.4, 0.5) is 10.5 Å². The van der Waals surface area contributed by atoms with Crippen LogP contribution >= 0.6 is 0 Å². The second-order valence-corrected chi connectivity index (χ2v) is 6.35. The molecule has 0 aliphatic rings. The molecule has 4 heteroatoms. The zero-order chi connectivity index (χ0) is 16.4. The summed E-state index contributed by atoms with van der Waals surface area (Å²) in [6.07, 6.45) is -0.464. The molecule has 1 N–H and O–H groups in total. The van der Waals surface area contributed by atoms with Gasteiger partial charge in [0.05, 0.1) is 0 Å². The highest BCUT2D eigenvalue weighted by Gasteiger charge is 2.16. The summed E-state index contributed by atoms with van der Waals surface area (Å²) in [6, 6.07) is 17.4. The van der Waals surface area contributed by atoms with Gasteiger partial charge in [0.1, 0.15) is 16.9 Å². The molecule has 0 radical (unpaired) electrons. The number of carbonyl (C=O) groups excluding carboxylic acids is 1. The number of furan rings is 1. The van der Waals surface area contributed by atoms with Crippen LogP contribution in [0.5, 0.6) is 0 Å². The van der Waals surface area contributed by atoms with E-state index in [0.29, 0.717) is 5.69 Å². The monoisotopic (exact) mass is 309 g/mol. The van der Waals surface area contributed by atoms with Crippen LogP contribution in [-0.4, -0.2) is 11.7 Å². The molecule has 2 aromatic carbocycles. The maximum absolute atomic E-state index is 11.7. The minimum Gasteiger partial charge on any atom is -0.456 e. The lowest BCUT2D eigenvalue weighted by Gasteiger charge is -2.19. The molecule has 23 heavy (non-hydrogen) atoms. The molecule has 1 amide bonds. The van der Waals surface area contributed by atoms with Gasteiger partial charge in [0, 0.05) is 16.6 Å². The van der Waals surface area contributed by atoms with Gasteiger partial charge >= 0.3 is 6.09 Å². The van der Waals surface area contributed by atoms with Crippen molar-refractivity contribution in [2.75, 3.05) is 5.32 Å². The molecular formula is C19H19NO3. The summed E-state index contributed by atoms with van der Waals surface area (Å²) in [5.74, 6) is 0.801. The molecule has 0 unspecified atom stereocenters. The van der Waals surface area contributed by atoms with E-state index in [9.17, 15) is 4.79 Å². The van der Waals surface area contributed by atoms with Crippen LogP contribution in [0.25, 0.3) is 22.3 Å². The van der Waals surface area contributed by atoms with Gasteiger partial charge in [-0.25, -0.2) is 4.79 Å². The number of nitrogens with one attached hydrogen (secondary N) is 1. The van der Waals surface area contributed by atoms with E-state index in [1.165, 1.54) is 0 Å². The fraction of sp³-hybridized carbons (Fsp3) is 0.211. The SMILES string of the molecule is CC(C)(C)OC(=O)Nc1ccc(-c2cc3ccccc3o2)cc1. The van der Waals surface area contributed by atoms with Crippen LogP contribution in [0.15, 0.2) is 59.0 Å². The number of rotatable bonds is 2. The fourth-order valence-corrected chi connectivity index (χ4v) is 2.26. The maximum Gasteiger partial charge on any atom is 0.412 e. The Bertz CT molecular complexity index is 793. The van der Waals surface area contributed by atoms with Gasteiger partial charge in [0.15, 0.2) is 0 Å². The van der Waals surface area contributed by atoms with Crippen molar-refractivity contribution in [2.45, 2.75) is 26.4 Å². The first-order chi connectivity index (χ1) is 10.9. The third-order valence-corrected chi connectivity index (χ3v) is 3.24. The predicted octanol–water partition coefficient (Wildman–Crippen LogP) is 5.45. The number of fused-ring (bicyclic) bond motifs is 1. The number of ether oxygens (including phenoxy) is 1. The van der Waals surface area contributed by atoms with E-state index < -0.39 is 11.7 Å². The molecule has 0 saturated carbocycles. The lowest BCUT2D eigenvalue weighted by Crippen LogP contribution is -2.27. The Labute approximate surface area is 135 Å². The molecule has 0 aliphatic heterocycles. The van der Waals surface area contributed by atoms with Crippen molar-refractivity contribution in [1.29, 1.82) is 0 Å². The second kappa shape index (κ2) is 5.80. The lowest BCUT2D eigenvalue weighted by atomic mass is 10.1. The number of hydrogen-bond donors (Lipinski definition) is 1. The predicted molar refractivity (Wildman–Crippen MR) is 91.5 cm³/mol. The van der Waals surface area contributed by atoms with Gasteiger partial charge in [-0.3, -0.25) is 5.32 Å². The maximum atomic E-state index is 11.7. The fourth-order valence-electron chi connectivity index (χ4n) is 2.26. The lowest BCUT2D eigenvalue weighted by molar-refractivity contribution is 0.0636. The van der Waals surface area contributed by atoms with Crippen LogP contribution in [-0.2, 0) is 4.74 Å². The van der Waals surface area contributed by atoms with E-state index in [4.69, 9.17) is 9.15 Å². The average Bonchev–Trinajstić information content (AvgIpc) is 2.89. The normalized spacial score (nSPS) is 11.4. The Kier molecular flexibility index (Phi) is 3.82. The Morgan fingerprint density at radius 1 is 1.04 bits per heavy atom. The Morgan fingerprint density at radius 3 is 2.39 bits per heavy atom. The van der Waals surface area contributed by atoms with Gasteiger partial charge in [-0.15, -0.1) is 0 Å². The Balaban J connectivity index is 1.75. The van der Waals surface area contributed by atoms with E-state index >= 15 is 0 Å². The molecule has 0 aliphatic carbocycles. The zero-order valence-electron chi connectivity index (χ0n) is 13.4. The van der Waals surface area contributed by atoms with Crippen LogP contribution in [0.3, 0.4) is 0 Å². The molecule has 0 bridgehead atoms. The van der Waals surface area contributed by atoms with Crippen molar-refractivity contribution in [3.8, 4) is 11.3 Å². The molecule has 118 valence electrons. The van der Waals surface area contributed by atoms with Crippen molar-refractivity contribution in [1.82, 2.24) is 0 Å². The molecule has 0 atom stereocenters. The topological polar surface area (TPSA) is 51.5 Å². The standard InChI is InChI=1S/C19H19NO3/c1-19(2,3)23-18(21)20-15-10-8-13(9-11-15)17-12-14-6-4-5-7-16(14)22-17/h4-12H,1-3H3,(H,20,21). The number of amides is 1. The Hall–Kier alpha value is -2.75. The molecule has 1 aromatic heterocycles. The van der Waals surface area contributed by atoms with Crippen LogP contribution in [0.1, 0.15) is 20.8 Å². The summed E-state index contributed by atoms with van der Waals surface area (Å²) < 4.78 is 11.1. The minimum atomic E-state index is -0.516. The van der Waals surface area contributed by atoms with Gasteiger partial charge in [-0.05, 0) is 57.2 Å². The smallest absolute Gasteiger partial charge is 0.412 e. The number of carbonyl (C=O) groups is 1. The number of hydrogen-bond acceptors (Lipinski definition) is 3. The highest BCUT2D eigenvalue weighted by atomic mass is 16.6. The van der Waals surface area contributed by atoms with E-state index in [1.807, 2.05) is 75.4 Å². The highest BCUT2D eigenvalue weighted by molar-refractivity contribution is 5.86. The van der Waals surface area contributed by atoms with Gasteiger partial charge < -0.3 is 9.15 Å². The first-order valence-corrected chi connectivity index (χ1v) is 7.50. The first-order valence-electron chi connectivity index (χ1n) is 7.50. The van der Waals surface area contributed by atoms with E-state index in [-0.39, 0.29) is 0 Å². The highest BCUT2D eigenvalue weighted by Crippen LogP contribution is 2.28. The summed E-state index contributed by atoms with van der Waals surface area (Å²) in [4.78, 5) is 11.7. The second-order valence-electron chi connectivity index (χ2n) is 6.35. The molecule has 0 spiro atoms. The molecule has 1 heterocycles. The largest absolute Gasteiger partial charge is 0.456 e. The van der Waals surface area contributed by atoms with Crippen molar-refractivity contribution in [3.63, 3.8) is 0 Å². The molecule has 0 saturated heterocycles. The van der Waals surface area contributed by atoms with Gasteiger partial charge in [-0.2, -0.15) is 0 Å². The van der Waals surface area contributed by atoms with Gasteiger partial charge in [0.25, 0.3) is 0 Å².